The molecule has 0 unspecified atom stereocenters. The highest BCUT2D eigenvalue weighted by molar-refractivity contribution is 6.02. The molecule has 3 N–H and O–H groups in total. The first kappa shape index (κ1) is 18.5. The third-order valence-electron chi connectivity index (χ3n) is 4.93. The van der Waals surface area contributed by atoms with Crippen LogP contribution in [0.25, 0.3) is 10.9 Å². The number of carboxylic acid groups (broad SMARTS) is 1. The molecule has 0 radical (unpaired) electrons. The molecule has 0 bridgehead atoms. The molecule has 2 heterocycles. The molecule has 0 saturated carbocycles. The van der Waals surface area contributed by atoms with E-state index in [0.717, 1.165) is 16.5 Å². The fraction of sp³-hybridized carbons (Fsp3) is 0.190. The molecule has 29 heavy (non-hydrogen) atoms. The molecule has 1 fully saturated rings. The van der Waals surface area contributed by atoms with Crippen molar-refractivity contribution in [2.24, 2.45) is 0 Å². The van der Waals surface area contributed by atoms with Gasteiger partial charge in [0, 0.05) is 22.8 Å². The predicted octanol–water partition coefficient (Wildman–Crippen LogP) is 2.31. The fourth-order valence-electron chi connectivity index (χ4n) is 3.61. The van der Waals surface area contributed by atoms with Crippen molar-refractivity contribution in [2.45, 2.75) is 18.6 Å². The number of ether oxygens (including phenoxy) is 1. The third-order valence-corrected chi connectivity index (χ3v) is 4.93. The molecular formula is C21H19N3O5. The average Bonchev–Trinajstić information content (AvgIpc) is 3.25. The molecule has 0 aliphatic carbocycles. The van der Waals surface area contributed by atoms with Gasteiger partial charge in [0.05, 0.1) is 13.0 Å². The highest BCUT2D eigenvalue weighted by Crippen LogP contribution is 2.24. The SMILES string of the molecule is O=C(Cc1c[nH]c2ccccc12)N[C@H]1C(=O)N(c2ccccc2)C[C@@H]1OC(=O)O. The number of fused-ring (bicyclic) bond motifs is 1. The molecular weight excluding hydrogens is 374 g/mol. The molecule has 3 aromatic rings. The van der Waals surface area contributed by atoms with Crippen molar-refractivity contribution in [3.8, 4) is 0 Å². The number of para-hydroxylation sites is 2. The Labute approximate surface area is 166 Å². The summed E-state index contributed by atoms with van der Waals surface area (Å²) < 4.78 is 4.89. The lowest BCUT2D eigenvalue weighted by atomic mass is 10.1. The lowest BCUT2D eigenvalue weighted by Crippen LogP contribution is -2.47. The molecule has 1 aliphatic heterocycles. The van der Waals surface area contributed by atoms with Gasteiger partial charge in [0.2, 0.25) is 5.91 Å². The molecule has 8 nitrogen and oxygen atoms in total. The van der Waals surface area contributed by atoms with Crippen LogP contribution in [0.15, 0.2) is 60.8 Å². The highest BCUT2D eigenvalue weighted by Gasteiger charge is 2.44. The summed E-state index contributed by atoms with van der Waals surface area (Å²) in [6.07, 6.45) is -0.679. The zero-order chi connectivity index (χ0) is 20.4. The smallest absolute Gasteiger partial charge is 0.450 e. The first-order valence-corrected chi connectivity index (χ1v) is 9.13. The van der Waals surface area contributed by atoms with Gasteiger partial charge in [-0.2, -0.15) is 0 Å². The molecule has 0 spiro atoms. The minimum Gasteiger partial charge on any atom is -0.450 e. The minimum atomic E-state index is -1.49. The van der Waals surface area contributed by atoms with Crippen LogP contribution in [0.3, 0.4) is 0 Å². The summed E-state index contributed by atoms with van der Waals surface area (Å²) in [6, 6.07) is 15.4. The largest absolute Gasteiger partial charge is 0.506 e. The zero-order valence-corrected chi connectivity index (χ0v) is 15.4. The molecule has 2 atom stereocenters. The van der Waals surface area contributed by atoms with Crippen molar-refractivity contribution in [2.75, 3.05) is 11.4 Å². The second-order valence-corrected chi connectivity index (χ2v) is 6.79. The van der Waals surface area contributed by atoms with E-state index in [1.165, 1.54) is 4.90 Å². The van der Waals surface area contributed by atoms with Crippen molar-refractivity contribution >= 4 is 34.6 Å². The number of nitrogens with zero attached hydrogens (tertiary/aromatic N) is 1. The number of benzene rings is 2. The monoisotopic (exact) mass is 393 g/mol. The second kappa shape index (κ2) is 7.67. The summed E-state index contributed by atoms with van der Waals surface area (Å²) in [5.74, 6) is -0.795. The standard InChI is InChI=1S/C21H19N3O5/c25-18(10-13-11-22-16-9-5-4-8-15(13)16)23-19-17(29-21(27)28)12-24(20(19)26)14-6-2-1-3-7-14/h1-9,11,17,19,22H,10,12H2,(H,23,25)(H,27,28)/t17-,19+/m0/s1. The van der Waals surface area contributed by atoms with Crippen LogP contribution in [0.2, 0.25) is 0 Å². The number of carbonyl (C=O) groups is 3. The van der Waals surface area contributed by atoms with E-state index in [-0.39, 0.29) is 18.9 Å². The van der Waals surface area contributed by atoms with Gasteiger partial charge in [0.25, 0.3) is 5.91 Å². The van der Waals surface area contributed by atoms with Crippen LogP contribution in [0.5, 0.6) is 0 Å². The number of aromatic nitrogens is 1. The maximum atomic E-state index is 12.9. The van der Waals surface area contributed by atoms with E-state index in [9.17, 15) is 14.4 Å². The number of amides is 2. The van der Waals surface area contributed by atoms with Gasteiger partial charge in [-0.25, -0.2) is 4.79 Å². The number of hydrogen-bond donors (Lipinski definition) is 3. The summed E-state index contributed by atoms with van der Waals surface area (Å²) >= 11 is 0. The van der Waals surface area contributed by atoms with Crippen LogP contribution in [0.4, 0.5) is 10.5 Å². The van der Waals surface area contributed by atoms with E-state index in [2.05, 4.69) is 10.3 Å². The number of aromatic amines is 1. The van der Waals surface area contributed by atoms with Crippen LogP contribution in [0.1, 0.15) is 5.56 Å². The van der Waals surface area contributed by atoms with Crippen LogP contribution < -0.4 is 10.2 Å². The second-order valence-electron chi connectivity index (χ2n) is 6.79. The number of rotatable bonds is 5. The van der Waals surface area contributed by atoms with E-state index < -0.39 is 24.2 Å². The summed E-state index contributed by atoms with van der Waals surface area (Å²) in [7, 11) is 0. The van der Waals surface area contributed by atoms with Gasteiger partial charge in [0.15, 0.2) is 6.10 Å². The van der Waals surface area contributed by atoms with Crippen molar-refractivity contribution in [3.05, 3.63) is 66.4 Å². The Morgan fingerprint density at radius 1 is 1.14 bits per heavy atom. The molecule has 2 amide bonds. The number of carbonyl (C=O) groups excluding carboxylic acids is 2. The summed E-state index contributed by atoms with van der Waals surface area (Å²) in [5, 5.41) is 12.6. The van der Waals surface area contributed by atoms with Gasteiger partial charge in [0.1, 0.15) is 6.04 Å². The first-order valence-electron chi connectivity index (χ1n) is 9.13. The Hall–Kier alpha value is -3.81. The lowest BCUT2D eigenvalue weighted by molar-refractivity contribution is -0.127. The summed E-state index contributed by atoms with van der Waals surface area (Å²) in [6.45, 7) is 0.0349. The van der Waals surface area contributed by atoms with Crippen molar-refractivity contribution in [1.82, 2.24) is 10.3 Å². The van der Waals surface area contributed by atoms with Gasteiger partial charge in [-0.15, -0.1) is 0 Å². The number of anilines is 1. The molecule has 2 aromatic carbocycles. The molecule has 148 valence electrons. The Morgan fingerprint density at radius 3 is 2.62 bits per heavy atom. The zero-order valence-electron chi connectivity index (χ0n) is 15.4. The van der Waals surface area contributed by atoms with Gasteiger partial charge in [-0.05, 0) is 23.8 Å². The predicted molar refractivity (Wildman–Crippen MR) is 106 cm³/mol. The number of hydrogen-bond acceptors (Lipinski definition) is 4. The van der Waals surface area contributed by atoms with E-state index >= 15 is 0 Å². The van der Waals surface area contributed by atoms with E-state index in [4.69, 9.17) is 9.84 Å². The van der Waals surface area contributed by atoms with Crippen molar-refractivity contribution in [1.29, 1.82) is 0 Å². The molecule has 8 heteroatoms. The summed E-state index contributed by atoms with van der Waals surface area (Å²) in [5.41, 5.74) is 2.32. The number of nitrogens with one attached hydrogen (secondary N) is 2. The van der Waals surface area contributed by atoms with E-state index in [1.807, 2.05) is 30.3 Å². The average molecular weight is 393 g/mol. The van der Waals surface area contributed by atoms with E-state index in [0.29, 0.717) is 5.69 Å². The number of H-pyrrole nitrogens is 1. The van der Waals surface area contributed by atoms with Gasteiger partial charge < -0.3 is 25.0 Å². The highest BCUT2D eigenvalue weighted by atomic mass is 16.7. The Kier molecular flexibility index (Phi) is 4.90. The Bertz CT molecular complexity index is 1060. The molecule has 4 rings (SSSR count). The third kappa shape index (κ3) is 3.77. The molecule has 1 saturated heterocycles. The van der Waals surface area contributed by atoms with E-state index in [1.54, 1.807) is 30.5 Å². The maximum Gasteiger partial charge on any atom is 0.506 e. The van der Waals surface area contributed by atoms with Gasteiger partial charge in [-0.1, -0.05) is 36.4 Å². The minimum absolute atomic E-state index is 0.0349. The molecule has 1 aromatic heterocycles. The maximum absolute atomic E-state index is 12.9. The quantitative estimate of drug-likeness (QED) is 0.576. The first-order chi connectivity index (χ1) is 14.0. The van der Waals surface area contributed by atoms with Gasteiger partial charge >= 0.3 is 6.16 Å². The topological polar surface area (TPSA) is 112 Å². The van der Waals surface area contributed by atoms with Crippen LogP contribution >= 0.6 is 0 Å². The fourth-order valence-corrected chi connectivity index (χ4v) is 3.61. The van der Waals surface area contributed by atoms with Crippen molar-refractivity contribution < 1.29 is 24.2 Å². The Morgan fingerprint density at radius 2 is 1.86 bits per heavy atom. The molecule has 1 aliphatic rings. The van der Waals surface area contributed by atoms with Crippen LogP contribution in [-0.2, 0) is 20.7 Å². The summed E-state index contributed by atoms with van der Waals surface area (Å²) in [4.78, 5) is 41.1. The van der Waals surface area contributed by atoms with Crippen molar-refractivity contribution in [3.63, 3.8) is 0 Å². The Balaban J connectivity index is 1.52. The van der Waals surface area contributed by atoms with Crippen LogP contribution in [-0.4, -0.2) is 46.8 Å². The van der Waals surface area contributed by atoms with Gasteiger partial charge in [-0.3, -0.25) is 9.59 Å². The lowest BCUT2D eigenvalue weighted by Gasteiger charge is -2.17. The normalized spacial score (nSPS) is 18.8. The van der Waals surface area contributed by atoms with Crippen LogP contribution in [0, 0.1) is 0 Å².